The zero-order valence-electron chi connectivity index (χ0n) is 3.26. The number of carbonyl (C=O) groups excluding carboxylic acids is 2. The van der Waals surface area contributed by atoms with Gasteiger partial charge in [-0.1, -0.05) is 14.9 Å². The predicted molar refractivity (Wildman–Crippen MR) is 30.2 cm³/mol. The van der Waals surface area contributed by atoms with E-state index in [1.807, 2.05) is 0 Å². The van der Waals surface area contributed by atoms with Crippen molar-refractivity contribution in [3.05, 3.63) is 0 Å². The van der Waals surface area contributed by atoms with E-state index in [-0.39, 0.29) is 26.5 Å². The molecule has 0 saturated carbocycles. The Kier molecular flexibility index (Phi) is 13500. The van der Waals surface area contributed by atoms with Crippen LogP contribution in [0.15, 0.2) is 0 Å². The Labute approximate surface area is 49.4 Å². The maximum absolute atomic E-state index is 8.12. The van der Waals surface area contributed by atoms with Gasteiger partial charge in [-0.25, -0.2) is 0 Å². The van der Waals surface area contributed by atoms with Gasteiger partial charge in [-0.15, -0.1) is 0 Å². The summed E-state index contributed by atoms with van der Waals surface area (Å²) in [5, 5.41) is 7.00. The van der Waals surface area contributed by atoms with Crippen LogP contribution in [0.25, 0.3) is 0 Å². The van der Waals surface area contributed by atoms with Gasteiger partial charge in [0.1, 0.15) is 0 Å². The van der Waals surface area contributed by atoms with E-state index >= 15 is 0 Å². The predicted octanol–water partition coefficient (Wildman–Crippen LogP) is -0.528. The lowest BCUT2D eigenvalue weighted by Gasteiger charge is -1.21. The van der Waals surface area contributed by atoms with E-state index < -0.39 is 0 Å². The van der Waals surface area contributed by atoms with Crippen LogP contribution in [0.5, 0.6) is 0 Å². The van der Waals surface area contributed by atoms with Crippen LogP contribution in [0.1, 0.15) is 14.9 Å². The van der Waals surface area contributed by atoms with Crippen molar-refractivity contribution in [2.75, 3.05) is 7.11 Å². The van der Waals surface area contributed by atoms with Gasteiger partial charge < -0.3 is 10.6 Å². The highest BCUT2D eigenvalue weighted by atomic mass is 16.2. The van der Waals surface area contributed by atoms with E-state index in [9.17, 15) is 0 Å². The lowest BCUT2D eigenvalue weighted by molar-refractivity contribution is -0.191. The van der Waals surface area contributed by atoms with Crippen molar-refractivity contribution in [2.24, 2.45) is 0 Å². The van der Waals surface area contributed by atoms with Crippen LogP contribution in [0.3, 0.4) is 0 Å². The molecule has 0 aromatic carbocycles. The molecular formula is C4H14O4. The largest absolute Gasteiger partial charge is 0.412 e. The average molecular weight is 126 g/mol. The first-order chi connectivity index (χ1) is 2.41. The molecule has 0 unspecified atom stereocenters. The fourth-order valence-electron chi connectivity index (χ4n) is 0. The Morgan fingerprint density at radius 1 is 1.12 bits per heavy atom. The molecule has 0 bridgehead atoms. The third-order valence-electron chi connectivity index (χ3n) is 0. The number of aliphatic hydroxyl groups is 1. The highest BCUT2D eigenvalue weighted by molar-refractivity contribution is 5.20. The zero-order chi connectivity index (χ0) is 4.71. The van der Waals surface area contributed by atoms with Crippen LogP contribution in [0.4, 0.5) is 0 Å². The lowest BCUT2D eigenvalue weighted by Crippen LogP contribution is -1.25. The van der Waals surface area contributed by atoms with Crippen molar-refractivity contribution < 1.29 is 20.2 Å². The van der Waals surface area contributed by atoms with Crippen LogP contribution in [-0.2, 0) is 9.59 Å². The van der Waals surface area contributed by atoms with Crippen molar-refractivity contribution in [2.45, 2.75) is 14.9 Å². The summed E-state index contributed by atoms with van der Waals surface area (Å²) in [6.45, 7) is 0. The lowest BCUT2D eigenvalue weighted by atomic mass is 11.8. The van der Waals surface area contributed by atoms with Crippen LogP contribution in [0, 0.1) is 0 Å². The second-order valence-electron chi connectivity index (χ2n) is 0.0833. The molecule has 0 aliphatic heterocycles. The topological polar surface area (TPSA) is 85.9 Å². The van der Waals surface area contributed by atoms with Crippen molar-refractivity contribution in [1.82, 2.24) is 0 Å². The van der Waals surface area contributed by atoms with Crippen LogP contribution < -0.4 is 0 Å². The fraction of sp³-hybridized carbons (Fsp3) is 0.750. The second-order valence-corrected chi connectivity index (χ2v) is 0.0833. The minimum atomic E-state index is 0. The second kappa shape index (κ2) is 1970. The fourth-order valence-corrected chi connectivity index (χ4v) is 0. The van der Waals surface area contributed by atoms with E-state index in [2.05, 4.69) is 0 Å². The minimum absolute atomic E-state index is 0. The molecule has 0 amide bonds. The molecule has 0 radical (unpaired) electrons. The van der Waals surface area contributed by atoms with Gasteiger partial charge in [0.05, 0.1) is 0 Å². The van der Waals surface area contributed by atoms with Crippen molar-refractivity contribution >= 4 is 6.15 Å². The van der Waals surface area contributed by atoms with Gasteiger partial charge in [-0.05, 0) is 0 Å². The molecular weight excluding hydrogens is 112 g/mol. The molecule has 0 aromatic rings. The quantitative estimate of drug-likeness (QED) is 0.473. The van der Waals surface area contributed by atoms with Gasteiger partial charge >= 0.3 is 6.15 Å². The van der Waals surface area contributed by atoms with E-state index in [4.69, 9.17) is 14.7 Å². The number of aliphatic hydroxyl groups excluding tert-OH is 1. The molecule has 4 heteroatoms. The normalized spacial score (nSPS) is 1.75. The summed E-state index contributed by atoms with van der Waals surface area (Å²) in [6, 6.07) is 0. The summed E-state index contributed by atoms with van der Waals surface area (Å²) in [6.07, 6.45) is 0.250. The molecule has 0 aliphatic rings. The third kappa shape index (κ3) is 200. The van der Waals surface area contributed by atoms with Gasteiger partial charge in [-0.3, -0.25) is 0 Å². The van der Waals surface area contributed by atoms with E-state index in [1.165, 1.54) is 0 Å². The van der Waals surface area contributed by atoms with Gasteiger partial charge in [0.2, 0.25) is 0 Å². The molecule has 4 nitrogen and oxygen atoms in total. The Morgan fingerprint density at radius 3 is 1.12 bits per heavy atom. The highest BCUT2D eigenvalue weighted by Gasteiger charge is 1.13. The van der Waals surface area contributed by atoms with Crippen LogP contribution in [0.2, 0.25) is 0 Å². The first kappa shape index (κ1) is 54.8. The van der Waals surface area contributed by atoms with Crippen molar-refractivity contribution in [1.29, 1.82) is 0 Å². The SMILES string of the molecule is C.C.CO.O.O=C=O. The van der Waals surface area contributed by atoms with Crippen molar-refractivity contribution in [3.63, 3.8) is 0 Å². The summed E-state index contributed by atoms with van der Waals surface area (Å²) < 4.78 is 0. The molecule has 0 heterocycles. The van der Waals surface area contributed by atoms with Crippen molar-refractivity contribution in [3.8, 4) is 0 Å². The molecule has 3 N–H and O–H groups in total. The number of rotatable bonds is 0. The van der Waals surface area contributed by atoms with Gasteiger partial charge in [0, 0.05) is 7.11 Å². The summed E-state index contributed by atoms with van der Waals surface area (Å²) >= 11 is 0. The van der Waals surface area contributed by atoms with E-state index in [0.717, 1.165) is 7.11 Å². The van der Waals surface area contributed by atoms with E-state index in [0.29, 0.717) is 0 Å². The first-order valence-corrected chi connectivity index (χ1v) is 0.855. The average Bonchev–Trinajstić information content (AvgIpc) is 1.46. The minimum Gasteiger partial charge on any atom is -0.412 e. The molecule has 0 spiro atoms. The molecule has 54 valence electrons. The summed E-state index contributed by atoms with van der Waals surface area (Å²) in [4.78, 5) is 16.2. The van der Waals surface area contributed by atoms with Gasteiger partial charge in [-0.2, -0.15) is 9.59 Å². The molecule has 0 aliphatic carbocycles. The first-order valence-electron chi connectivity index (χ1n) is 0.855. The summed E-state index contributed by atoms with van der Waals surface area (Å²) in [7, 11) is 1.00. The van der Waals surface area contributed by atoms with Crippen LogP contribution in [-0.4, -0.2) is 23.8 Å². The molecule has 0 fully saturated rings. The number of hydrogen-bond acceptors (Lipinski definition) is 3. The standard InChI is InChI=1S/CO2.CH4O.2CH4.H2O/c2-1-3;1-2;;;/h;2H,1H3;2*1H4;1H2. The third-order valence-corrected chi connectivity index (χ3v) is 0. The molecule has 0 rings (SSSR count). The Morgan fingerprint density at radius 2 is 1.12 bits per heavy atom. The zero-order valence-corrected chi connectivity index (χ0v) is 3.26. The Hall–Kier alpha value is -0.700. The summed E-state index contributed by atoms with van der Waals surface area (Å²) in [5.74, 6) is 0. The Balaban J connectivity index is -0.00000000567. The summed E-state index contributed by atoms with van der Waals surface area (Å²) in [5.41, 5.74) is 0. The van der Waals surface area contributed by atoms with E-state index in [1.54, 1.807) is 0 Å². The van der Waals surface area contributed by atoms with Gasteiger partial charge in [0.25, 0.3) is 0 Å². The molecule has 0 aromatic heterocycles. The maximum atomic E-state index is 8.12. The Bertz CT molecular complexity index is 29.0. The monoisotopic (exact) mass is 126 g/mol. The molecule has 0 saturated heterocycles. The number of hydrogen-bond donors (Lipinski definition) is 1. The van der Waals surface area contributed by atoms with Gasteiger partial charge in [0.15, 0.2) is 0 Å². The highest BCUT2D eigenvalue weighted by Crippen LogP contribution is 0.787. The molecule has 8 heavy (non-hydrogen) atoms. The maximum Gasteiger partial charge on any atom is 0.373 e. The van der Waals surface area contributed by atoms with Crippen LogP contribution >= 0.6 is 0 Å². The smallest absolute Gasteiger partial charge is 0.373 e. The molecule has 0 atom stereocenters.